The van der Waals surface area contributed by atoms with Crippen LogP contribution in [0.5, 0.6) is 0 Å². The van der Waals surface area contributed by atoms with Crippen LogP contribution in [0, 0.1) is 20.8 Å². The number of nitrogens with zero attached hydrogens (tertiary/aromatic N) is 4. The van der Waals surface area contributed by atoms with Gasteiger partial charge in [-0.2, -0.15) is 5.10 Å². The second-order valence-electron chi connectivity index (χ2n) is 7.36. The molecule has 2 aromatic rings. The zero-order valence-corrected chi connectivity index (χ0v) is 15.1. The summed E-state index contributed by atoms with van der Waals surface area (Å²) in [7, 11) is 0. The van der Waals surface area contributed by atoms with Gasteiger partial charge in [-0.1, -0.05) is 5.16 Å². The number of hydrogen-bond donors (Lipinski definition) is 1. The standard InChI is InChI=1S/C18H25N5O2/c1-12-4-5-17(21-20-12)19-15-8-18(24-10-15)6-7-23(11-18)9-16-13(2)22-25-14(16)3/h4-5,15H,6-11H2,1-3H3,(H,19,21)/t15-,18-/m0/s1. The minimum Gasteiger partial charge on any atom is -0.371 e. The first-order valence-electron chi connectivity index (χ1n) is 8.88. The molecule has 7 nitrogen and oxygen atoms in total. The molecule has 1 spiro atoms. The Morgan fingerprint density at radius 3 is 2.88 bits per heavy atom. The van der Waals surface area contributed by atoms with Crippen molar-refractivity contribution in [2.24, 2.45) is 0 Å². The zero-order valence-electron chi connectivity index (χ0n) is 15.1. The van der Waals surface area contributed by atoms with E-state index in [1.54, 1.807) is 0 Å². The van der Waals surface area contributed by atoms with Gasteiger partial charge >= 0.3 is 0 Å². The molecule has 2 atom stereocenters. The molecule has 0 bridgehead atoms. The third-order valence-electron chi connectivity index (χ3n) is 5.32. The van der Waals surface area contributed by atoms with E-state index in [1.165, 1.54) is 5.56 Å². The average molecular weight is 343 g/mol. The molecule has 0 unspecified atom stereocenters. The SMILES string of the molecule is Cc1ccc(N[C@@H]2CO[C@@]3(CCN(Cc4c(C)noc4C)C3)C2)nn1. The Hall–Kier alpha value is -1.99. The lowest BCUT2D eigenvalue weighted by atomic mass is 9.97. The first kappa shape index (κ1) is 16.5. The van der Waals surface area contributed by atoms with Gasteiger partial charge < -0.3 is 14.6 Å². The molecule has 0 radical (unpaired) electrons. The summed E-state index contributed by atoms with van der Waals surface area (Å²) in [5.74, 6) is 1.74. The van der Waals surface area contributed by atoms with Crippen molar-refractivity contribution in [2.75, 3.05) is 25.0 Å². The fourth-order valence-electron chi connectivity index (χ4n) is 3.92. The monoisotopic (exact) mass is 343 g/mol. The number of hydrogen-bond acceptors (Lipinski definition) is 7. The molecule has 1 N–H and O–H groups in total. The van der Waals surface area contributed by atoms with E-state index in [-0.39, 0.29) is 11.6 Å². The second kappa shape index (κ2) is 6.38. The van der Waals surface area contributed by atoms with E-state index in [9.17, 15) is 0 Å². The van der Waals surface area contributed by atoms with Gasteiger partial charge in [0.05, 0.1) is 29.6 Å². The number of aromatic nitrogens is 3. The van der Waals surface area contributed by atoms with Crippen molar-refractivity contribution in [2.45, 2.75) is 51.8 Å². The lowest BCUT2D eigenvalue weighted by molar-refractivity contribution is 0.0119. The molecule has 2 aromatic heterocycles. The second-order valence-corrected chi connectivity index (χ2v) is 7.36. The van der Waals surface area contributed by atoms with Crippen molar-refractivity contribution in [3.8, 4) is 0 Å². The molecule has 25 heavy (non-hydrogen) atoms. The van der Waals surface area contributed by atoms with Gasteiger partial charge in [-0.25, -0.2) is 0 Å². The highest BCUT2D eigenvalue weighted by Crippen LogP contribution is 2.36. The largest absolute Gasteiger partial charge is 0.371 e. The average Bonchev–Trinajstić information content (AvgIpc) is 3.27. The summed E-state index contributed by atoms with van der Waals surface area (Å²) in [6, 6.07) is 4.24. The van der Waals surface area contributed by atoms with Gasteiger partial charge in [-0.05, 0) is 39.3 Å². The van der Waals surface area contributed by atoms with E-state index in [0.29, 0.717) is 6.61 Å². The van der Waals surface area contributed by atoms with Gasteiger partial charge in [0.15, 0.2) is 0 Å². The Bertz CT molecular complexity index is 725. The van der Waals surface area contributed by atoms with E-state index < -0.39 is 0 Å². The molecular formula is C18H25N5O2. The van der Waals surface area contributed by atoms with Gasteiger partial charge in [-0.15, -0.1) is 5.10 Å². The predicted octanol–water partition coefficient (Wildman–Crippen LogP) is 2.24. The van der Waals surface area contributed by atoms with Crippen LogP contribution in [-0.2, 0) is 11.3 Å². The van der Waals surface area contributed by atoms with E-state index >= 15 is 0 Å². The quantitative estimate of drug-likeness (QED) is 0.912. The zero-order chi connectivity index (χ0) is 17.4. The molecular weight excluding hydrogens is 318 g/mol. The third-order valence-corrected chi connectivity index (χ3v) is 5.32. The Kier molecular flexibility index (Phi) is 4.21. The number of nitrogens with one attached hydrogen (secondary N) is 1. The van der Waals surface area contributed by atoms with Crippen LogP contribution < -0.4 is 5.32 Å². The highest BCUT2D eigenvalue weighted by atomic mass is 16.5. The van der Waals surface area contributed by atoms with Crippen LogP contribution in [0.3, 0.4) is 0 Å². The van der Waals surface area contributed by atoms with Crippen LogP contribution in [-0.4, -0.2) is 51.6 Å². The summed E-state index contributed by atoms with van der Waals surface area (Å²) in [5.41, 5.74) is 3.08. The first-order chi connectivity index (χ1) is 12.0. The van der Waals surface area contributed by atoms with Gasteiger partial charge in [0.1, 0.15) is 11.6 Å². The molecule has 2 aliphatic heterocycles. The third kappa shape index (κ3) is 3.39. The van der Waals surface area contributed by atoms with Crippen molar-refractivity contribution < 1.29 is 9.26 Å². The van der Waals surface area contributed by atoms with Gasteiger partial charge in [0.25, 0.3) is 0 Å². The molecule has 0 aromatic carbocycles. The van der Waals surface area contributed by atoms with Crippen LogP contribution in [0.25, 0.3) is 0 Å². The highest BCUT2D eigenvalue weighted by Gasteiger charge is 2.45. The molecule has 0 amide bonds. The smallest absolute Gasteiger partial charge is 0.148 e. The maximum absolute atomic E-state index is 6.23. The molecule has 4 rings (SSSR count). The molecule has 7 heteroatoms. The Morgan fingerprint density at radius 2 is 2.16 bits per heavy atom. The van der Waals surface area contributed by atoms with E-state index in [2.05, 4.69) is 25.6 Å². The van der Waals surface area contributed by atoms with Gasteiger partial charge in [0, 0.05) is 31.6 Å². The summed E-state index contributed by atoms with van der Waals surface area (Å²) < 4.78 is 11.5. The van der Waals surface area contributed by atoms with Crippen LogP contribution >= 0.6 is 0 Å². The highest BCUT2D eigenvalue weighted by molar-refractivity contribution is 5.34. The predicted molar refractivity (Wildman–Crippen MR) is 93.4 cm³/mol. The Labute approximate surface area is 147 Å². The normalized spacial score (nSPS) is 26.6. The van der Waals surface area contributed by atoms with Crippen molar-refractivity contribution in [1.82, 2.24) is 20.3 Å². The van der Waals surface area contributed by atoms with Crippen LogP contribution in [0.2, 0.25) is 0 Å². The summed E-state index contributed by atoms with van der Waals surface area (Å²) in [4.78, 5) is 2.45. The van der Waals surface area contributed by atoms with Crippen molar-refractivity contribution in [3.63, 3.8) is 0 Å². The lowest BCUT2D eigenvalue weighted by Crippen LogP contribution is -2.33. The summed E-state index contributed by atoms with van der Waals surface area (Å²) >= 11 is 0. The minimum absolute atomic E-state index is 0.0469. The Morgan fingerprint density at radius 1 is 1.28 bits per heavy atom. The van der Waals surface area contributed by atoms with Crippen molar-refractivity contribution >= 4 is 5.82 Å². The summed E-state index contributed by atoms with van der Waals surface area (Å²) in [6.45, 7) is 9.52. The number of rotatable bonds is 4. The van der Waals surface area contributed by atoms with E-state index in [0.717, 1.165) is 55.4 Å². The number of anilines is 1. The summed E-state index contributed by atoms with van der Waals surface area (Å²) in [6.07, 6.45) is 2.06. The fraction of sp³-hybridized carbons (Fsp3) is 0.611. The van der Waals surface area contributed by atoms with Crippen LogP contribution in [0.15, 0.2) is 16.7 Å². The number of likely N-dealkylation sites (tertiary alicyclic amines) is 1. The van der Waals surface area contributed by atoms with Crippen molar-refractivity contribution in [1.29, 1.82) is 0 Å². The maximum Gasteiger partial charge on any atom is 0.148 e. The summed E-state index contributed by atoms with van der Waals surface area (Å²) in [5, 5.41) is 15.8. The van der Waals surface area contributed by atoms with Crippen LogP contribution in [0.1, 0.15) is 35.6 Å². The number of aryl methyl sites for hydroxylation is 3. The molecule has 2 aliphatic rings. The van der Waals surface area contributed by atoms with Crippen molar-refractivity contribution in [3.05, 3.63) is 34.8 Å². The fourth-order valence-corrected chi connectivity index (χ4v) is 3.92. The topological polar surface area (TPSA) is 76.3 Å². The lowest BCUT2D eigenvalue weighted by Gasteiger charge is -2.23. The number of ether oxygens (including phenoxy) is 1. The molecule has 0 saturated carbocycles. The maximum atomic E-state index is 6.23. The molecule has 0 aliphatic carbocycles. The van der Waals surface area contributed by atoms with E-state index in [4.69, 9.17) is 9.26 Å². The van der Waals surface area contributed by atoms with Crippen LogP contribution in [0.4, 0.5) is 5.82 Å². The first-order valence-corrected chi connectivity index (χ1v) is 8.88. The Balaban J connectivity index is 1.35. The molecule has 2 fully saturated rings. The van der Waals surface area contributed by atoms with Gasteiger partial charge in [-0.3, -0.25) is 4.90 Å². The molecule has 2 saturated heterocycles. The van der Waals surface area contributed by atoms with Gasteiger partial charge in [0.2, 0.25) is 0 Å². The minimum atomic E-state index is -0.0469. The van der Waals surface area contributed by atoms with E-state index in [1.807, 2.05) is 32.9 Å². The molecule has 134 valence electrons. The molecule has 4 heterocycles.